The van der Waals surface area contributed by atoms with E-state index in [1.54, 1.807) is 25.1 Å². The number of benzene rings is 1. The van der Waals surface area contributed by atoms with Crippen molar-refractivity contribution in [2.24, 2.45) is 15.1 Å². The highest BCUT2D eigenvalue weighted by atomic mass is 32.2. The number of phenols is 1. The summed E-state index contributed by atoms with van der Waals surface area (Å²) in [4.78, 5) is 32.6. The van der Waals surface area contributed by atoms with Gasteiger partial charge in [0, 0.05) is 23.1 Å². The maximum atomic E-state index is 12.1. The number of hydrazone groups is 1. The van der Waals surface area contributed by atoms with Crippen LogP contribution in [0, 0.1) is 0 Å². The van der Waals surface area contributed by atoms with Crippen LogP contribution < -0.4 is 5.43 Å². The van der Waals surface area contributed by atoms with Crippen molar-refractivity contribution in [3.05, 3.63) is 41.6 Å². The van der Waals surface area contributed by atoms with Gasteiger partial charge in [-0.25, -0.2) is 10.4 Å². The monoisotopic (exact) mass is 342 g/mol. The zero-order valence-electron chi connectivity index (χ0n) is 12.8. The molecule has 0 saturated heterocycles. The number of aliphatic imine (C=N–C) groups is 2. The lowest BCUT2D eigenvalue weighted by Crippen LogP contribution is -2.39. The second-order valence-electron chi connectivity index (χ2n) is 5.16. The molecule has 1 atom stereocenters. The lowest BCUT2D eigenvalue weighted by atomic mass is 10.1. The van der Waals surface area contributed by atoms with Crippen LogP contribution in [-0.4, -0.2) is 45.6 Å². The summed E-state index contributed by atoms with van der Waals surface area (Å²) in [6.07, 6.45) is 2.77. The van der Waals surface area contributed by atoms with E-state index in [1.165, 1.54) is 30.1 Å². The van der Waals surface area contributed by atoms with Gasteiger partial charge < -0.3 is 5.11 Å². The lowest BCUT2D eigenvalue weighted by Gasteiger charge is -2.22. The summed E-state index contributed by atoms with van der Waals surface area (Å²) in [6.45, 7) is 1.75. The van der Waals surface area contributed by atoms with E-state index in [-0.39, 0.29) is 17.2 Å². The van der Waals surface area contributed by atoms with Crippen molar-refractivity contribution in [1.29, 1.82) is 0 Å². The molecule has 0 radical (unpaired) electrons. The van der Waals surface area contributed by atoms with Crippen LogP contribution in [0.2, 0.25) is 0 Å². The van der Waals surface area contributed by atoms with Gasteiger partial charge in [0.25, 0.3) is 5.91 Å². The first-order valence-corrected chi connectivity index (χ1v) is 8.15. The first-order valence-electron chi connectivity index (χ1n) is 7.16. The Kier molecular flexibility index (Phi) is 4.57. The van der Waals surface area contributed by atoms with E-state index in [0.29, 0.717) is 22.1 Å². The third-order valence-corrected chi connectivity index (χ3v) is 4.38. The van der Waals surface area contributed by atoms with Crippen LogP contribution in [0.25, 0.3) is 0 Å². The highest BCUT2D eigenvalue weighted by molar-refractivity contribution is 8.14. The van der Waals surface area contributed by atoms with Crippen LogP contribution >= 0.6 is 11.8 Å². The standard InChI is InChI=1S/C16H14N4O3S/c1-9-6-13(22)14-16(18-9)24-8-11(19-14)15(23)20-17-7-10-4-2-3-5-12(10)21/h2-7,14,21H,8H2,1H3,(H,20,23)/b17-7-/t14-/m0/s1. The summed E-state index contributed by atoms with van der Waals surface area (Å²) in [7, 11) is 0. The summed E-state index contributed by atoms with van der Waals surface area (Å²) >= 11 is 1.33. The van der Waals surface area contributed by atoms with Crippen molar-refractivity contribution in [2.75, 3.05) is 5.75 Å². The molecule has 0 spiro atoms. The molecule has 0 saturated carbocycles. The Labute approximate surface area is 142 Å². The molecule has 0 fully saturated rings. The Balaban J connectivity index is 1.68. The number of allylic oxidation sites excluding steroid dienone is 1. The quantitative estimate of drug-likeness (QED) is 0.638. The largest absolute Gasteiger partial charge is 0.507 e. The summed E-state index contributed by atoms with van der Waals surface area (Å²) in [6, 6.07) is 5.90. The minimum atomic E-state index is -0.727. The van der Waals surface area contributed by atoms with E-state index in [9.17, 15) is 14.7 Å². The minimum absolute atomic E-state index is 0.0666. The summed E-state index contributed by atoms with van der Waals surface area (Å²) in [5, 5.41) is 14.0. The van der Waals surface area contributed by atoms with Crippen LogP contribution in [0.3, 0.4) is 0 Å². The molecule has 2 aliphatic rings. The second-order valence-corrected chi connectivity index (χ2v) is 6.16. The fourth-order valence-corrected chi connectivity index (χ4v) is 3.21. The van der Waals surface area contributed by atoms with Crippen molar-refractivity contribution in [3.8, 4) is 5.75 Å². The molecule has 2 aliphatic heterocycles. The normalized spacial score (nSPS) is 20.1. The Morgan fingerprint density at radius 1 is 1.46 bits per heavy atom. The van der Waals surface area contributed by atoms with Crippen molar-refractivity contribution in [2.45, 2.75) is 13.0 Å². The Hall–Kier alpha value is -2.74. The maximum absolute atomic E-state index is 12.1. The molecule has 0 unspecified atom stereocenters. The second kappa shape index (κ2) is 6.79. The molecule has 7 nitrogen and oxygen atoms in total. The van der Waals surface area contributed by atoms with Gasteiger partial charge in [-0.05, 0) is 19.1 Å². The fourth-order valence-electron chi connectivity index (χ4n) is 2.19. The number of phenolic OH excluding ortho intramolecular Hbond substituents is 1. The Morgan fingerprint density at radius 2 is 2.25 bits per heavy atom. The fraction of sp³-hybridized carbons (Fsp3) is 0.188. The van der Waals surface area contributed by atoms with E-state index >= 15 is 0 Å². The van der Waals surface area contributed by atoms with Gasteiger partial charge in [-0.3, -0.25) is 14.6 Å². The van der Waals surface area contributed by atoms with Gasteiger partial charge in [-0.15, -0.1) is 11.8 Å². The minimum Gasteiger partial charge on any atom is -0.507 e. The van der Waals surface area contributed by atoms with Gasteiger partial charge >= 0.3 is 0 Å². The summed E-state index contributed by atoms with van der Waals surface area (Å²) < 4.78 is 0. The number of carbonyl (C=O) groups is 2. The first kappa shape index (κ1) is 16.1. The number of aromatic hydroxyl groups is 1. The van der Waals surface area contributed by atoms with E-state index in [0.717, 1.165) is 0 Å². The number of fused-ring (bicyclic) bond motifs is 1. The zero-order chi connectivity index (χ0) is 17.1. The molecule has 0 aliphatic carbocycles. The number of para-hydroxylation sites is 1. The molecule has 2 heterocycles. The number of hydrogen-bond donors (Lipinski definition) is 2. The lowest BCUT2D eigenvalue weighted by molar-refractivity contribution is -0.114. The van der Waals surface area contributed by atoms with Gasteiger partial charge in [-0.1, -0.05) is 12.1 Å². The summed E-state index contributed by atoms with van der Waals surface area (Å²) in [5.41, 5.74) is 3.72. The Bertz CT molecular complexity index is 826. The van der Waals surface area contributed by atoms with Crippen molar-refractivity contribution in [3.63, 3.8) is 0 Å². The van der Waals surface area contributed by atoms with Gasteiger partial charge in [-0.2, -0.15) is 5.10 Å². The maximum Gasteiger partial charge on any atom is 0.286 e. The van der Waals surface area contributed by atoms with E-state index in [2.05, 4.69) is 20.5 Å². The highest BCUT2D eigenvalue weighted by Gasteiger charge is 2.32. The predicted molar refractivity (Wildman–Crippen MR) is 93.7 cm³/mol. The Morgan fingerprint density at radius 3 is 3.04 bits per heavy atom. The number of nitrogens with zero attached hydrogens (tertiary/aromatic N) is 3. The van der Waals surface area contributed by atoms with Crippen LogP contribution in [-0.2, 0) is 9.59 Å². The van der Waals surface area contributed by atoms with E-state index in [1.807, 2.05) is 0 Å². The van der Waals surface area contributed by atoms with Crippen LogP contribution in [0.5, 0.6) is 5.75 Å². The molecule has 2 N–H and O–H groups in total. The first-order chi connectivity index (χ1) is 11.5. The topological polar surface area (TPSA) is 103 Å². The van der Waals surface area contributed by atoms with Gasteiger partial charge in [0.1, 0.15) is 16.5 Å². The third-order valence-electron chi connectivity index (χ3n) is 3.35. The summed E-state index contributed by atoms with van der Waals surface area (Å²) in [5.74, 6) is -0.259. The van der Waals surface area contributed by atoms with Crippen LogP contribution in [0.4, 0.5) is 0 Å². The average Bonchev–Trinajstić information content (AvgIpc) is 2.56. The predicted octanol–water partition coefficient (Wildman–Crippen LogP) is 1.28. The number of nitrogens with one attached hydrogen (secondary N) is 1. The molecule has 1 aromatic rings. The third kappa shape index (κ3) is 3.43. The molecule has 8 heteroatoms. The van der Waals surface area contributed by atoms with Crippen molar-refractivity contribution < 1.29 is 14.7 Å². The molecule has 0 aromatic heterocycles. The average molecular weight is 342 g/mol. The molecule has 3 rings (SSSR count). The van der Waals surface area contributed by atoms with Gasteiger partial charge in [0.05, 0.1) is 6.21 Å². The van der Waals surface area contributed by atoms with Gasteiger partial charge in [0.2, 0.25) is 0 Å². The van der Waals surface area contributed by atoms with E-state index < -0.39 is 11.9 Å². The SMILES string of the molecule is CC1=CC(=O)[C@@H]2N=C(C(=O)N/N=C\c3ccccc3O)CSC2=N1. The number of amides is 1. The van der Waals surface area contributed by atoms with E-state index in [4.69, 9.17) is 0 Å². The number of rotatable bonds is 3. The molecule has 122 valence electrons. The molecule has 24 heavy (non-hydrogen) atoms. The molecule has 0 bridgehead atoms. The number of carbonyl (C=O) groups excluding carboxylic acids is 2. The highest BCUT2D eigenvalue weighted by Crippen LogP contribution is 2.23. The smallest absolute Gasteiger partial charge is 0.286 e. The van der Waals surface area contributed by atoms with Crippen LogP contribution in [0.15, 0.2) is 51.1 Å². The van der Waals surface area contributed by atoms with Crippen LogP contribution in [0.1, 0.15) is 12.5 Å². The molecular weight excluding hydrogens is 328 g/mol. The number of hydrogen-bond acceptors (Lipinski definition) is 7. The number of ketones is 1. The molecular formula is C16H14N4O3S. The van der Waals surface area contributed by atoms with Crippen molar-refractivity contribution in [1.82, 2.24) is 5.43 Å². The zero-order valence-corrected chi connectivity index (χ0v) is 13.6. The molecule has 1 aromatic carbocycles. The van der Waals surface area contributed by atoms with Crippen molar-refractivity contribution >= 4 is 40.4 Å². The van der Waals surface area contributed by atoms with Gasteiger partial charge in [0.15, 0.2) is 11.8 Å². The number of thioether (sulfide) groups is 1. The molecule has 1 amide bonds.